The summed E-state index contributed by atoms with van der Waals surface area (Å²) in [6, 6.07) is 8.84. The van der Waals surface area contributed by atoms with Crippen molar-refractivity contribution in [3.05, 3.63) is 40.8 Å². The van der Waals surface area contributed by atoms with Gasteiger partial charge in [0.25, 0.3) is 0 Å². The molecule has 0 saturated heterocycles. The summed E-state index contributed by atoms with van der Waals surface area (Å²) in [5.41, 5.74) is 0.926. The fourth-order valence-electron chi connectivity index (χ4n) is 1.95. The average Bonchev–Trinajstić information content (AvgIpc) is 2.84. The van der Waals surface area contributed by atoms with E-state index >= 15 is 0 Å². The number of nitrogens with one attached hydrogen (secondary N) is 1. The van der Waals surface area contributed by atoms with Gasteiger partial charge >= 0.3 is 18.1 Å². The summed E-state index contributed by atoms with van der Waals surface area (Å²) in [6.07, 6.45) is -5.05. The first-order valence-corrected chi connectivity index (χ1v) is 7.22. The van der Waals surface area contributed by atoms with E-state index in [-0.39, 0.29) is 10.6 Å². The number of rotatable bonds is 3. The molecule has 0 aliphatic carbocycles. The molecule has 2 rings (SSSR count). The van der Waals surface area contributed by atoms with Crippen LogP contribution in [0.25, 0.3) is 10.4 Å². The van der Waals surface area contributed by atoms with Gasteiger partial charge in [0.2, 0.25) is 0 Å². The Kier molecular flexibility index (Phi) is 4.74. The first-order valence-electron chi connectivity index (χ1n) is 6.41. The van der Waals surface area contributed by atoms with Crippen LogP contribution in [-0.2, 0) is 9.53 Å². The van der Waals surface area contributed by atoms with Gasteiger partial charge in [0.05, 0.1) is 12.8 Å². The molecule has 1 aromatic heterocycles. The molecule has 23 heavy (non-hydrogen) atoms. The summed E-state index contributed by atoms with van der Waals surface area (Å²) in [5, 5.41) is 1.77. The highest BCUT2D eigenvalue weighted by molar-refractivity contribution is 7.18. The number of ether oxygens (including phenoxy) is 1. The lowest BCUT2D eigenvalue weighted by Crippen LogP contribution is -2.30. The minimum Gasteiger partial charge on any atom is -0.465 e. The zero-order valence-corrected chi connectivity index (χ0v) is 13.0. The normalized spacial score (nSPS) is 11.2. The number of amides is 1. The van der Waals surface area contributed by atoms with Gasteiger partial charge in [-0.25, -0.2) is 4.79 Å². The lowest BCUT2D eigenvalue weighted by Gasteiger charge is -2.09. The summed E-state index contributed by atoms with van der Waals surface area (Å²) in [5.74, 6) is -2.94. The minimum absolute atomic E-state index is 0.0820. The van der Waals surface area contributed by atoms with Crippen LogP contribution in [0.15, 0.2) is 30.3 Å². The van der Waals surface area contributed by atoms with E-state index in [2.05, 4.69) is 4.74 Å². The number of anilines is 1. The van der Waals surface area contributed by atoms with Gasteiger partial charge in [-0.15, -0.1) is 11.3 Å². The SMILES string of the molecule is COC(=O)c1sc(-c2ccccc2)c(C)c1NC(=O)C(F)(F)F. The maximum Gasteiger partial charge on any atom is 0.471 e. The third-order valence-corrected chi connectivity index (χ3v) is 4.37. The second-order valence-corrected chi connectivity index (χ2v) is 5.59. The van der Waals surface area contributed by atoms with Crippen LogP contribution in [0.4, 0.5) is 18.9 Å². The number of thiophene rings is 1. The van der Waals surface area contributed by atoms with Gasteiger partial charge in [0.15, 0.2) is 0 Å². The van der Waals surface area contributed by atoms with E-state index < -0.39 is 18.1 Å². The van der Waals surface area contributed by atoms with Crippen molar-refractivity contribution in [3.8, 4) is 10.4 Å². The van der Waals surface area contributed by atoms with Gasteiger partial charge in [-0.05, 0) is 18.1 Å². The second kappa shape index (κ2) is 6.41. The van der Waals surface area contributed by atoms with Crippen LogP contribution in [0.5, 0.6) is 0 Å². The van der Waals surface area contributed by atoms with E-state index in [0.717, 1.165) is 24.0 Å². The van der Waals surface area contributed by atoms with Gasteiger partial charge in [-0.3, -0.25) is 4.79 Å². The van der Waals surface area contributed by atoms with Crippen LogP contribution >= 0.6 is 11.3 Å². The van der Waals surface area contributed by atoms with Crippen molar-refractivity contribution in [1.29, 1.82) is 0 Å². The van der Waals surface area contributed by atoms with E-state index in [1.54, 1.807) is 35.6 Å². The molecular formula is C15H12F3NO3S. The van der Waals surface area contributed by atoms with E-state index in [9.17, 15) is 22.8 Å². The molecule has 0 spiro atoms. The maximum absolute atomic E-state index is 12.5. The Morgan fingerprint density at radius 2 is 1.78 bits per heavy atom. The van der Waals surface area contributed by atoms with Crippen LogP contribution in [-0.4, -0.2) is 25.2 Å². The molecule has 0 atom stereocenters. The lowest BCUT2D eigenvalue weighted by molar-refractivity contribution is -0.167. The number of hydrogen-bond donors (Lipinski definition) is 1. The van der Waals surface area contributed by atoms with Crippen LogP contribution in [0, 0.1) is 6.92 Å². The highest BCUT2D eigenvalue weighted by atomic mass is 32.1. The Morgan fingerprint density at radius 1 is 1.17 bits per heavy atom. The number of halogens is 3. The van der Waals surface area contributed by atoms with Crippen LogP contribution in [0.2, 0.25) is 0 Å². The predicted octanol–water partition coefficient (Wildman–Crippen LogP) is 4.01. The fourth-order valence-corrected chi connectivity index (χ4v) is 3.14. The van der Waals surface area contributed by atoms with E-state index in [4.69, 9.17) is 0 Å². The average molecular weight is 343 g/mol. The Morgan fingerprint density at radius 3 is 2.30 bits per heavy atom. The van der Waals surface area contributed by atoms with Crippen molar-refractivity contribution in [2.24, 2.45) is 0 Å². The number of hydrogen-bond acceptors (Lipinski definition) is 4. The van der Waals surface area contributed by atoms with Gasteiger partial charge in [-0.1, -0.05) is 30.3 Å². The van der Waals surface area contributed by atoms with Gasteiger partial charge in [0.1, 0.15) is 4.88 Å². The van der Waals surface area contributed by atoms with Crippen molar-refractivity contribution in [1.82, 2.24) is 0 Å². The lowest BCUT2D eigenvalue weighted by atomic mass is 10.1. The highest BCUT2D eigenvalue weighted by Crippen LogP contribution is 2.40. The number of benzene rings is 1. The Balaban J connectivity index is 2.54. The number of alkyl halides is 3. The van der Waals surface area contributed by atoms with Crippen LogP contribution in [0.1, 0.15) is 15.2 Å². The van der Waals surface area contributed by atoms with Crippen LogP contribution < -0.4 is 5.32 Å². The van der Waals surface area contributed by atoms with Crippen molar-refractivity contribution < 1.29 is 27.5 Å². The smallest absolute Gasteiger partial charge is 0.465 e. The van der Waals surface area contributed by atoms with E-state index in [0.29, 0.717) is 10.4 Å². The molecule has 8 heteroatoms. The first kappa shape index (κ1) is 17.0. The molecule has 1 aromatic carbocycles. The molecule has 2 aromatic rings. The molecule has 4 nitrogen and oxygen atoms in total. The van der Waals surface area contributed by atoms with E-state index in [1.165, 1.54) is 6.92 Å². The largest absolute Gasteiger partial charge is 0.471 e. The topological polar surface area (TPSA) is 55.4 Å². The number of esters is 1. The van der Waals surface area contributed by atoms with Crippen LogP contribution in [0.3, 0.4) is 0 Å². The quantitative estimate of drug-likeness (QED) is 0.857. The van der Waals surface area contributed by atoms with Crippen molar-refractivity contribution in [3.63, 3.8) is 0 Å². The molecule has 0 fully saturated rings. The van der Waals surface area contributed by atoms with Gasteiger partial charge < -0.3 is 10.1 Å². The minimum atomic E-state index is -5.05. The molecule has 0 bridgehead atoms. The third kappa shape index (κ3) is 3.53. The Hall–Kier alpha value is -2.35. The zero-order chi connectivity index (χ0) is 17.2. The molecule has 1 heterocycles. The second-order valence-electron chi connectivity index (χ2n) is 4.57. The standard InChI is InChI=1S/C15H12F3NO3S/c1-8-10(19-14(21)15(16,17)18)12(13(20)22-2)23-11(8)9-6-4-3-5-7-9/h3-7H,1-2H3,(H,19,21). The number of methoxy groups -OCH3 is 1. The molecule has 0 unspecified atom stereocenters. The third-order valence-electron chi connectivity index (χ3n) is 3.05. The Bertz CT molecular complexity index is 738. The summed E-state index contributed by atoms with van der Waals surface area (Å²) >= 11 is 0.968. The molecular weight excluding hydrogens is 331 g/mol. The monoisotopic (exact) mass is 343 g/mol. The van der Waals surface area contributed by atoms with E-state index in [1.807, 2.05) is 0 Å². The summed E-state index contributed by atoms with van der Waals surface area (Å²) in [4.78, 5) is 23.5. The van der Waals surface area contributed by atoms with Crippen molar-refractivity contribution in [2.75, 3.05) is 12.4 Å². The summed E-state index contributed by atoms with van der Waals surface area (Å²) in [7, 11) is 1.12. The van der Waals surface area contributed by atoms with Crippen molar-refractivity contribution >= 4 is 28.9 Å². The number of carbonyl (C=O) groups is 2. The predicted molar refractivity (Wildman–Crippen MR) is 80.5 cm³/mol. The molecule has 1 amide bonds. The summed E-state index contributed by atoms with van der Waals surface area (Å²) in [6.45, 7) is 1.54. The van der Waals surface area contributed by atoms with Gasteiger partial charge in [0, 0.05) is 4.88 Å². The summed E-state index contributed by atoms with van der Waals surface area (Å²) < 4.78 is 42.0. The molecule has 0 aliphatic heterocycles. The Labute approximate surface area is 133 Å². The maximum atomic E-state index is 12.5. The van der Waals surface area contributed by atoms with Gasteiger partial charge in [-0.2, -0.15) is 13.2 Å². The van der Waals surface area contributed by atoms with Crippen molar-refractivity contribution in [2.45, 2.75) is 13.1 Å². The fraction of sp³-hybridized carbons (Fsp3) is 0.200. The molecule has 1 N–H and O–H groups in total. The molecule has 122 valence electrons. The highest BCUT2D eigenvalue weighted by Gasteiger charge is 2.40. The first-order chi connectivity index (χ1) is 10.8. The molecule has 0 saturated carbocycles. The molecule has 0 aliphatic rings. The zero-order valence-electron chi connectivity index (χ0n) is 12.2. The molecule has 0 radical (unpaired) electrons. The number of carbonyl (C=O) groups excluding carboxylic acids is 2.